The molecule has 1 aromatic rings. The maximum atomic E-state index is 12.1. The number of carbonyl (C=O) groups is 2. The summed E-state index contributed by atoms with van der Waals surface area (Å²) in [5, 5.41) is 9.89. The van der Waals surface area contributed by atoms with Gasteiger partial charge in [0.1, 0.15) is 6.04 Å². The van der Waals surface area contributed by atoms with Crippen molar-refractivity contribution in [2.45, 2.75) is 38.8 Å². The normalized spacial score (nSPS) is 19.6. The van der Waals surface area contributed by atoms with Gasteiger partial charge in [-0.3, -0.25) is 14.5 Å². The number of amides is 2. The number of nitrogens with one attached hydrogen (secondary N) is 2. The molecule has 0 bridgehead atoms. The van der Waals surface area contributed by atoms with Crippen molar-refractivity contribution in [1.29, 1.82) is 0 Å². The van der Waals surface area contributed by atoms with Gasteiger partial charge in [0.25, 0.3) is 0 Å². The van der Waals surface area contributed by atoms with Crippen LogP contribution in [0.15, 0.2) is 16.8 Å². The van der Waals surface area contributed by atoms with Gasteiger partial charge >= 0.3 is 0 Å². The van der Waals surface area contributed by atoms with Gasteiger partial charge in [-0.1, -0.05) is 13.8 Å². The van der Waals surface area contributed by atoms with Gasteiger partial charge in [-0.2, -0.15) is 11.3 Å². The van der Waals surface area contributed by atoms with Crippen molar-refractivity contribution in [3.63, 3.8) is 0 Å². The molecule has 1 saturated heterocycles. The highest BCUT2D eigenvalue weighted by molar-refractivity contribution is 7.07. The fourth-order valence-corrected chi connectivity index (χ4v) is 3.43. The van der Waals surface area contributed by atoms with Crippen molar-refractivity contribution in [1.82, 2.24) is 15.5 Å². The molecule has 1 aromatic heterocycles. The minimum Gasteiger partial charge on any atom is -0.352 e. The highest BCUT2D eigenvalue weighted by Crippen LogP contribution is 2.22. The Morgan fingerprint density at radius 3 is 2.81 bits per heavy atom. The molecule has 2 N–H and O–H groups in total. The molecule has 0 spiro atoms. The van der Waals surface area contributed by atoms with Crippen molar-refractivity contribution < 1.29 is 9.59 Å². The molecule has 5 nitrogen and oxygen atoms in total. The standard InChI is InChI=1S/C15H23N3O2S/c1-3-18(4-2)13(11-7-8-21-10-11)9-16-15(20)12-5-6-14(19)17-12/h7-8,10,12-13H,3-6,9H2,1-2H3,(H,16,20)(H,17,19)/t12-,13+/m0/s1. The van der Waals surface area contributed by atoms with Crippen LogP contribution in [0.3, 0.4) is 0 Å². The predicted octanol–water partition coefficient (Wildman–Crippen LogP) is 1.53. The fraction of sp³-hybridized carbons (Fsp3) is 0.600. The van der Waals surface area contributed by atoms with Crippen molar-refractivity contribution >= 4 is 23.2 Å². The molecule has 0 radical (unpaired) electrons. The first-order valence-corrected chi connectivity index (χ1v) is 8.43. The molecule has 0 aliphatic carbocycles. The number of hydrogen-bond donors (Lipinski definition) is 2. The molecule has 2 atom stereocenters. The van der Waals surface area contributed by atoms with E-state index in [1.807, 2.05) is 0 Å². The lowest BCUT2D eigenvalue weighted by Crippen LogP contribution is -2.45. The van der Waals surface area contributed by atoms with Crippen LogP contribution in [-0.2, 0) is 9.59 Å². The SMILES string of the molecule is CCN(CC)[C@H](CNC(=O)[C@@H]1CCC(=O)N1)c1ccsc1. The van der Waals surface area contributed by atoms with Crippen molar-refractivity contribution in [3.05, 3.63) is 22.4 Å². The summed E-state index contributed by atoms with van der Waals surface area (Å²) in [6.07, 6.45) is 1.04. The monoisotopic (exact) mass is 309 g/mol. The average molecular weight is 309 g/mol. The van der Waals surface area contributed by atoms with Gasteiger partial charge in [0.15, 0.2) is 0 Å². The molecule has 1 fully saturated rings. The Labute approximate surface area is 129 Å². The summed E-state index contributed by atoms with van der Waals surface area (Å²) in [5.74, 6) is -0.110. The van der Waals surface area contributed by atoms with E-state index < -0.39 is 0 Å². The van der Waals surface area contributed by atoms with Crippen LogP contribution in [0.5, 0.6) is 0 Å². The number of carbonyl (C=O) groups excluding carboxylic acids is 2. The second-order valence-electron chi connectivity index (χ2n) is 5.20. The van der Waals surface area contributed by atoms with Crippen LogP contribution in [0.1, 0.15) is 38.3 Å². The first-order valence-electron chi connectivity index (χ1n) is 7.48. The molecular weight excluding hydrogens is 286 g/mol. The van der Waals surface area contributed by atoms with E-state index in [4.69, 9.17) is 0 Å². The molecule has 2 heterocycles. The van der Waals surface area contributed by atoms with Gasteiger partial charge in [0.2, 0.25) is 11.8 Å². The van der Waals surface area contributed by atoms with Gasteiger partial charge in [-0.05, 0) is 41.9 Å². The zero-order valence-electron chi connectivity index (χ0n) is 12.6. The summed E-state index contributed by atoms with van der Waals surface area (Å²) < 4.78 is 0. The number of nitrogens with zero attached hydrogens (tertiary/aromatic N) is 1. The van der Waals surface area contributed by atoms with Crippen molar-refractivity contribution in [3.8, 4) is 0 Å². The van der Waals surface area contributed by atoms with Crippen LogP contribution < -0.4 is 10.6 Å². The smallest absolute Gasteiger partial charge is 0.242 e. The molecule has 0 aromatic carbocycles. The van der Waals surface area contributed by atoms with Crippen LogP contribution in [0.25, 0.3) is 0 Å². The van der Waals surface area contributed by atoms with E-state index in [2.05, 4.69) is 46.2 Å². The van der Waals surface area contributed by atoms with Crippen LogP contribution in [-0.4, -0.2) is 42.4 Å². The zero-order chi connectivity index (χ0) is 15.2. The topological polar surface area (TPSA) is 61.4 Å². The third-order valence-electron chi connectivity index (χ3n) is 3.96. The van der Waals surface area contributed by atoms with E-state index in [0.717, 1.165) is 13.1 Å². The first kappa shape index (κ1) is 16.0. The summed E-state index contributed by atoms with van der Waals surface area (Å²) in [4.78, 5) is 25.6. The zero-order valence-corrected chi connectivity index (χ0v) is 13.4. The number of rotatable bonds is 7. The fourth-order valence-electron chi connectivity index (χ4n) is 2.72. The largest absolute Gasteiger partial charge is 0.352 e. The lowest BCUT2D eigenvalue weighted by Gasteiger charge is -2.29. The van der Waals surface area contributed by atoms with Gasteiger partial charge in [-0.15, -0.1) is 0 Å². The Morgan fingerprint density at radius 2 is 2.29 bits per heavy atom. The second-order valence-corrected chi connectivity index (χ2v) is 5.98. The maximum Gasteiger partial charge on any atom is 0.242 e. The Hall–Kier alpha value is -1.40. The van der Waals surface area contributed by atoms with E-state index in [0.29, 0.717) is 19.4 Å². The molecule has 0 unspecified atom stereocenters. The molecule has 1 aliphatic heterocycles. The van der Waals surface area contributed by atoms with Crippen LogP contribution in [0.2, 0.25) is 0 Å². The molecule has 116 valence electrons. The third kappa shape index (κ3) is 4.04. The van der Waals surface area contributed by atoms with Gasteiger partial charge in [0.05, 0.1) is 6.04 Å². The van der Waals surface area contributed by atoms with Gasteiger partial charge < -0.3 is 10.6 Å². The molecule has 1 aliphatic rings. The highest BCUT2D eigenvalue weighted by Gasteiger charge is 2.28. The molecular formula is C15H23N3O2S. The second kappa shape index (κ2) is 7.56. The minimum atomic E-state index is -0.364. The number of likely N-dealkylation sites (N-methyl/N-ethyl adjacent to an activating group) is 1. The van der Waals surface area contributed by atoms with Crippen LogP contribution >= 0.6 is 11.3 Å². The summed E-state index contributed by atoms with van der Waals surface area (Å²) in [7, 11) is 0. The van der Waals surface area contributed by atoms with Gasteiger partial charge in [-0.25, -0.2) is 0 Å². The quantitative estimate of drug-likeness (QED) is 0.803. The molecule has 2 rings (SSSR count). The lowest BCUT2D eigenvalue weighted by molar-refractivity contribution is -0.125. The van der Waals surface area contributed by atoms with E-state index in [1.54, 1.807) is 11.3 Å². The lowest BCUT2D eigenvalue weighted by atomic mass is 10.1. The minimum absolute atomic E-state index is 0.0340. The number of thiophene rings is 1. The highest BCUT2D eigenvalue weighted by atomic mass is 32.1. The van der Waals surface area contributed by atoms with E-state index in [1.165, 1.54) is 5.56 Å². The molecule has 2 amide bonds. The summed E-state index contributed by atoms with van der Waals surface area (Å²) in [6.45, 7) is 6.70. The van der Waals surface area contributed by atoms with Crippen molar-refractivity contribution in [2.24, 2.45) is 0 Å². The molecule has 0 saturated carbocycles. The molecule has 21 heavy (non-hydrogen) atoms. The average Bonchev–Trinajstić information content (AvgIpc) is 3.14. The Balaban J connectivity index is 1.96. The van der Waals surface area contributed by atoms with E-state index >= 15 is 0 Å². The van der Waals surface area contributed by atoms with Crippen LogP contribution in [0.4, 0.5) is 0 Å². The van der Waals surface area contributed by atoms with Gasteiger partial charge in [0, 0.05) is 13.0 Å². The number of hydrogen-bond acceptors (Lipinski definition) is 4. The summed E-state index contributed by atoms with van der Waals surface area (Å²) in [5.41, 5.74) is 1.24. The summed E-state index contributed by atoms with van der Waals surface area (Å²) >= 11 is 1.67. The van der Waals surface area contributed by atoms with Crippen molar-refractivity contribution in [2.75, 3.05) is 19.6 Å². The molecule has 6 heteroatoms. The Morgan fingerprint density at radius 1 is 1.52 bits per heavy atom. The third-order valence-corrected chi connectivity index (χ3v) is 4.66. The maximum absolute atomic E-state index is 12.1. The Kier molecular flexibility index (Phi) is 5.76. The first-order chi connectivity index (χ1) is 10.2. The predicted molar refractivity (Wildman–Crippen MR) is 84.2 cm³/mol. The summed E-state index contributed by atoms with van der Waals surface area (Å²) in [6, 6.07) is 1.93. The van der Waals surface area contributed by atoms with E-state index in [9.17, 15) is 9.59 Å². The Bertz CT molecular complexity index is 471. The van der Waals surface area contributed by atoms with Crippen LogP contribution in [0, 0.1) is 0 Å². The van der Waals surface area contributed by atoms with E-state index in [-0.39, 0.29) is 23.9 Å².